The van der Waals surface area contributed by atoms with Crippen molar-refractivity contribution in [1.82, 2.24) is 5.32 Å². The maximum absolute atomic E-state index is 12.5. The molecule has 4 heteroatoms. The van der Waals surface area contributed by atoms with Crippen LogP contribution in [0.5, 0.6) is 0 Å². The molecule has 1 heterocycles. The summed E-state index contributed by atoms with van der Waals surface area (Å²) in [5, 5.41) is 6.52. The van der Waals surface area contributed by atoms with Crippen molar-refractivity contribution in [2.24, 2.45) is 0 Å². The molecular formula is C23H22N2O2. The Morgan fingerprint density at radius 3 is 2.48 bits per heavy atom. The second kappa shape index (κ2) is 7.64. The zero-order valence-electron chi connectivity index (χ0n) is 15.2. The van der Waals surface area contributed by atoms with Crippen molar-refractivity contribution in [3.63, 3.8) is 0 Å². The van der Waals surface area contributed by atoms with Crippen LogP contribution in [0.15, 0.2) is 72.8 Å². The molecule has 0 aromatic heterocycles. The molecule has 0 aliphatic carbocycles. The number of anilines is 1. The van der Waals surface area contributed by atoms with Gasteiger partial charge in [-0.2, -0.15) is 0 Å². The first-order valence-electron chi connectivity index (χ1n) is 9.10. The van der Waals surface area contributed by atoms with E-state index in [9.17, 15) is 4.79 Å². The van der Waals surface area contributed by atoms with Crippen molar-refractivity contribution in [2.75, 3.05) is 19.0 Å². The summed E-state index contributed by atoms with van der Waals surface area (Å²) in [6, 6.07) is 24.3. The van der Waals surface area contributed by atoms with Gasteiger partial charge in [-0.1, -0.05) is 60.7 Å². The summed E-state index contributed by atoms with van der Waals surface area (Å²) < 4.78 is 5.30. The fourth-order valence-electron chi connectivity index (χ4n) is 3.49. The molecule has 0 radical (unpaired) electrons. The van der Waals surface area contributed by atoms with Crippen LogP contribution in [0.1, 0.15) is 27.7 Å². The van der Waals surface area contributed by atoms with Gasteiger partial charge in [-0.15, -0.1) is 0 Å². The van der Waals surface area contributed by atoms with Crippen molar-refractivity contribution in [1.29, 1.82) is 0 Å². The molecule has 3 aromatic carbocycles. The van der Waals surface area contributed by atoms with Crippen molar-refractivity contribution >= 4 is 11.6 Å². The van der Waals surface area contributed by atoms with Crippen LogP contribution in [0, 0.1) is 0 Å². The van der Waals surface area contributed by atoms with E-state index in [4.69, 9.17) is 4.74 Å². The second-order valence-electron chi connectivity index (χ2n) is 6.62. The molecule has 1 aliphatic heterocycles. The number of carbonyl (C=O) groups excluding carboxylic acids is 1. The Balaban J connectivity index is 1.71. The predicted octanol–water partition coefficient (Wildman–Crippen LogP) is 4.40. The number of fused-ring (bicyclic) bond motifs is 1. The van der Waals surface area contributed by atoms with Crippen LogP contribution >= 0.6 is 0 Å². The third-order valence-corrected chi connectivity index (χ3v) is 4.88. The number of hydrogen-bond acceptors (Lipinski definition) is 3. The topological polar surface area (TPSA) is 50.4 Å². The second-order valence-corrected chi connectivity index (χ2v) is 6.62. The van der Waals surface area contributed by atoms with Gasteiger partial charge in [0.15, 0.2) is 0 Å². The Labute approximate surface area is 159 Å². The van der Waals surface area contributed by atoms with E-state index in [1.807, 2.05) is 42.5 Å². The molecule has 4 rings (SSSR count). The number of para-hydroxylation sites is 1. The van der Waals surface area contributed by atoms with Crippen LogP contribution in [0.2, 0.25) is 0 Å². The number of nitrogens with one attached hydrogen (secondary N) is 2. The zero-order valence-corrected chi connectivity index (χ0v) is 15.2. The Morgan fingerprint density at radius 1 is 0.889 bits per heavy atom. The van der Waals surface area contributed by atoms with Gasteiger partial charge in [0.2, 0.25) is 0 Å². The molecule has 1 atom stereocenters. The van der Waals surface area contributed by atoms with E-state index in [1.54, 1.807) is 7.11 Å². The number of carbonyl (C=O) groups is 1. The van der Waals surface area contributed by atoms with Crippen molar-refractivity contribution in [2.45, 2.75) is 12.6 Å². The standard InChI is InChI=1S/C23H22N2O2/c1-27-14-13-18-15-17(16-7-3-2-4-8-16)11-12-19(18)22-24-21-10-6-5-9-20(21)23(26)25-22/h2-12,15,22,24H,13-14H2,1H3,(H,25,26). The Morgan fingerprint density at radius 2 is 1.67 bits per heavy atom. The van der Waals surface area contributed by atoms with E-state index in [2.05, 4.69) is 41.0 Å². The Kier molecular flexibility index (Phi) is 4.90. The first kappa shape index (κ1) is 17.3. The minimum Gasteiger partial charge on any atom is -0.384 e. The lowest BCUT2D eigenvalue weighted by Crippen LogP contribution is -2.38. The summed E-state index contributed by atoms with van der Waals surface area (Å²) >= 11 is 0. The molecular weight excluding hydrogens is 336 g/mol. The number of rotatable bonds is 5. The summed E-state index contributed by atoms with van der Waals surface area (Å²) in [5.74, 6) is -0.0563. The molecule has 0 spiro atoms. The monoisotopic (exact) mass is 358 g/mol. The lowest BCUT2D eigenvalue weighted by atomic mass is 9.95. The molecule has 1 unspecified atom stereocenters. The molecule has 1 aliphatic rings. The minimum absolute atomic E-state index is 0.0563. The highest BCUT2D eigenvalue weighted by Crippen LogP contribution is 2.30. The van der Waals surface area contributed by atoms with Gasteiger partial charge >= 0.3 is 0 Å². The molecule has 0 fully saturated rings. The van der Waals surface area contributed by atoms with Gasteiger partial charge in [0.1, 0.15) is 6.17 Å². The maximum atomic E-state index is 12.5. The lowest BCUT2D eigenvalue weighted by Gasteiger charge is -2.29. The third-order valence-electron chi connectivity index (χ3n) is 4.88. The smallest absolute Gasteiger partial charge is 0.255 e. The summed E-state index contributed by atoms with van der Waals surface area (Å²) in [4.78, 5) is 12.5. The molecule has 1 amide bonds. The number of ether oxygens (including phenoxy) is 1. The van der Waals surface area contributed by atoms with Gasteiger partial charge in [-0.25, -0.2) is 0 Å². The number of benzene rings is 3. The lowest BCUT2D eigenvalue weighted by molar-refractivity contribution is 0.0935. The highest BCUT2D eigenvalue weighted by molar-refractivity contribution is 6.01. The first-order chi connectivity index (χ1) is 13.3. The van der Waals surface area contributed by atoms with Gasteiger partial charge in [-0.3, -0.25) is 4.79 Å². The van der Waals surface area contributed by atoms with Gasteiger partial charge in [0, 0.05) is 12.8 Å². The summed E-state index contributed by atoms with van der Waals surface area (Å²) in [7, 11) is 1.71. The van der Waals surface area contributed by atoms with Crippen molar-refractivity contribution in [3.8, 4) is 11.1 Å². The largest absolute Gasteiger partial charge is 0.384 e. The highest BCUT2D eigenvalue weighted by Gasteiger charge is 2.25. The van der Waals surface area contributed by atoms with Crippen LogP contribution in [0.25, 0.3) is 11.1 Å². The van der Waals surface area contributed by atoms with E-state index in [0.717, 1.165) is 28.8 Å². The van der Waals surface area contributed by atoms with Gasteiger partial charge in [0.25, 0.3) is 5.91 Å². The molecule has 0 saturated carbocycles. The SMILES string of the molecule is COCCc1cc(-c2ccccc2)ccc1C1NC(=O)c2ccccc2N1. The van der Waals surface area contributed by atoms with E-state index in [-0.39, 0.29) is 12.1 Å². The molecule has 3 aromatic rings. The van der Waals surface area contributed by atoms with Gasteiger partial charge in [0.05, 0.1) is 12.2 Å². The summed E-state index contributed by atoms with van der Waals surface area (Å²) in [6.07, 6.45) is 0.520. The molecule has 0 bridgehead atoms. The van der Waals surface area contributed by atoms with E-state index in [1.165, 1.54) is 5.56 Å². The van der Waals surface area contributed by atoms with E-state index < -0.39 is 0 Å². The Hall–Kier alpha value is -3.11. The normalized spacial score (nSPS) is 15.6. The quantitative estimate of drug-likeness (QED) is 0.711. The number of hydrogen-bond donors (Lipinski definition) is 2. The van der Waals surface area contributed by atoms with Gasteiger partial charge < -0.3 is 15.4 Å². The minimum atomic E-state index is -0.260. The van der Waals surface area contributed by atoms with E-state index >= 15 is 0 Å². The average molecular weight is 358 g/mol. The number of methoxy groups -OCH3 is 1. The highest BCUT2D eigenvalue weighted by atomic mass is 16.5. The van der Waals surface area contributed by atoms with Crippen LogP contribution in [-0.4, -0.2) is 19.6 Å². The average Bonchev–Trinajstić information content (AvgIpc) is 2.72. The maximum Gasteiger partial charge on any atom is 0.255 e. The number of amides is 1. The van der Waals surface area contributed by atoms with Crippen molar-refractivity contribution < 1.29 is 9.53 Å². The van der Waals surface area contributed by atoms with E-state index in [0.29, 0.717) is 12.2 Å². The fourth-order valence-corrected chi connectivity index (χ4v) is 3.49. The first-order valence-corrected chi connectivity index (χ1v) is 9.10. The van der Waals surface area contributed by atoms with Crippen LogP contribution < -0.4 is 10.6 Å². The van der Waals surface area contributed by atoms with Crippen LogP contribution in [-0.2, 0) is 11.2 Å². The third kappa shape index (κ3) is 3.57. The van der Waals surface area contributed by atoms with Crippen molar-refractivity contribution in [3.05, 3.63) is 89.5 Å². The molecule has 2 N–H and O–H groups in total. The van der Waals surface area contributed by atoms with Crippen LogP contribution in [0.4, 0.5) is 5.69 Å². The Bertz CT molecular complexity index is 954. The molecule has 136 valence electrons. The summed E-state index contributed by atoms with van der Waals surface area (Å²) in [5.41, 5.74) is 6.09. The fraction of sp³-hybridized carbons (Fsp3) is 0.174. The predicted molar refractivity (Wildman–Crippen MR) is 108 cm³/mol. The zero-order chi connectivity index (χ0) is 18.6. The summed E-state index contributed by atoms with van der Waals surface area (Å²) in [6.45, 7) is 0.627. The molecule has 27 heavy (non-hydrogen) atoms. The molecule has 0 saturated heterocycles. The molecule has 4 nitrogen and oxygen atoms in total. The van der Waals surface area contributed by atoms with Crippen LogP contribution in [0.3, 0.4) is 0 Å². The van der Waals surface area contributed by atoms with Gasteiger partial charge in [-0.05, 0) is 40.8 Å².